The molecule has 3 nitrogen and oxygen atoms in total. The van der Waals surface area contributed by atoms with Crippen LogP contribution in [0.1, 0.15) is 35.4 Å². The van der Waals surface area contributed by atoms with E-state index in [-0.39, 0.29) is 11.9 Å². The van der Waals surface area contributed by atoms with Crippen molar-refractivity contribution in [1.29, 1.82) is 0 Å². The molecule has 0 aromatic carbocycles. The lowest BCUT2D eigenvalue weighted by molar-refractivity contribution is 0.0720. The van der Waals surface area contributed by atoms with Gasteiger partial charge in [-0.05, 0) is 25.0 Å². The number of thiophene rings is 1. The van der Waals surface area contributed by atoms with Crippen LogP contribution in [0.25, 0.3) is 0 Å². The molecular formula is C11H14ClNO2S. The summed E-state index contributed by atoms with van der Waals surface area (Å²) in [6.07, 6.45) is 3.32. The highest BCUT2D eigenvalue weighted by atomic mass is 35.5. The summed E-state index contributed by atoms with van der Waals surface area (Å²) >= 11 is 7.02. The minimum absolute atomic E-state index is 0.109. The van der Waals surface area contributed by atoms with Crippen LogP contribution in [0.5, 0.6) is 0 Å². The summed E-state index contributed by atoms with van der Waals surface area (Å²) in [6, 6.07) is 3.30. The van der Waals surface area contributed by atoms with Crippen LogP contribution in [0.4, 0.5) is 0 Å². The second-order valence-electron chi connectivity index (χ2n) is 4.04. The van der Waals surface area contributed by atoms with Crippen molar-refractivity contribution in [3.05, 3.63) is 21.3 Å². The molecule has 0 bridgehead atoms. The Morgan fingerprint density at radius 2 is 2.19 bits per heavy atom. The van der Waals surface area contributed by atoms with E-state index >= 15 is 0 Å². The lowest BCUT2D eigenvalue weighted by atomic mass is 9.92. The number of amides is 1. The third-order valence-electron chi connectivity index (χ3n) is 2.84. The van der Waals surface area contributed by atoms with Crippen molar-refractivity contribution in [1.82, 2.24) is 5.32 Å². The quantitative estimate of drug-likeness (QED) is 0.857. The van der Waals surface area contributed by atoms with Gasteiger partial charge in [-0.25, -0.2) is 0 Å². The topological polar surface area (TPSA) is 49.3 Å². The predicted octanol–water partition coefficient (Wildman–Crippen LogP) is 2.43. The maximum absolute atomic E-state index is 11.8. The van der Waals surface area contributed by atoms with Crippen molar-refractivity contribution >= 4 is 28.8 Å². The maximum atomic E-state index is 11.8. The SMILES string of the molecule is O=C(NC1CCCCC1O)c1ccc(Cl)s1. The van der Waals surface area contributed by atoms with Crippen LogP contribution in [0.2, 0.25) is 4.34 Å². The van der Waals surface area contributed by atoms with Gasteiger partial charge in [0.2, 0.25) is 0 Å². The summed E-state index contributed by atoms with van der Waals surface area (Å²) in [7, 11) is 0. The van der Waals surface area contributed by atoms with Gasteiger partial charge in [-0.15, -0.1) is 11.3 Å². The number of rotatable bonds is 2. The lowest BCUT2D eigenvalue weighted by Crippen LogP contribution is -2.44. The van der Waals surface area contributed by atoms with Gasteiger partial charge < -0.3 is 10.4 Å². The highest BCUT2D eigenvalue weighted by Crippen LogP contribution is 2.23. The first-order chi connectivity index (χ1) is 7.66. The van der Waals surface area contributed by atoms with Crippen LogP contribution in [0, 0.1) is 0 Å². The van der Waals surface area contributed by atoms with Crippen LogP contribution in [-0.4, -0.2) is 23.2 Å². The van der Waals surface area contributed by atoms with Crippen LogP contribution >= 0.6 is 22.9 Å². The number of hydrogen-bond acceptors (Lipinski definition) is 3. The van der Waals surface area contributed by atoms with E-state index in [9.17, 15) is 9.90 Å². The van der Waals surface area contributed by atoms with Gasteiger partial charge in [-0.1, -0.05) is 24.4 Å². The van der Waals surface area contributed by atoms with Gasteiger partial charge in [-0.3, -0.25) is 4.79 Å². The van der Waals surface area contributed by atoms with Gasteiger partial charge in [0.15, 0.2) is 0 Å². The normalized spacial score (nSPS) is 25.4. The molecule has 1 heterocycles. The first kappa shape index (κ1) is 11.9. The number of carbonyl (C=O) groups is 1. The lowest BCUT2D eigenvalue weighted by Gasteiger charge is -2.28. The Bertz CT molecular complexity index is 380. The molecule has 1 aromatic rings. The molecule has 2 N–H and O–H groups in total. The summed E-state index contributed by atoms with van der Waals surface area (Å²) in [4.78, 5) is 12.4. The number of aliphatic hydroxyl groups excluding tert-OH is 1. The number of carbonyl (C=O) groups excluding carboxylic acids is 1. The molecule has 2 atom stereocenters. The summed E-state index contributed by atoms with van der Waals surface area (Å²) in [6.45, 7) is 0. The van der Waals surface area contributed by atoms with Crippen molar-refractivity contribution in [2.75, 3.05) is 0 Å². The third kappa shape index (κ3) is 2.75. The van der Waals surface area contributed by atoms with Gasteiger partial charge in [0.1, 0.15) is 0 Å². The maximum Gasteiger partial charge on any atom is 0.261 e. The summed E-state index contributed by atoms with van der Waals surface area (Å²) < 4.78 is 0.606. The van der Waals surface area contributed by atoms with E-state index in [1.807, 2.05) is 0 Å². The van der Waals surface area contributed by atoms with E-state index in [0.29, 0.717) is 9.21 Å². The molecule has 5 heteroatoms. The molecule has 1 fully saturated rings. The second kappa shape index (κ2) is 5.17. The Morgan fingerprint density at radius 3 is 2.81 bits per heavy atom. The van der Waals surface area contributed by atoms with E-state index in [1.54, 1.807) is 12.1 Å². The minimum Gasteiger partial charge on any atom is -0.391 e. The highest BCUT2D eigenvalue weighted by molar-refractivity contribution is 7.17. The summed E-state index contributed by atoms with van der Waals surface area (Å²) in [5, 5.41) is 12.6. The van der Waals surface area contributed by atoms with Gasteiger partial charge in [0.05, 0.1) is 21.4 Å². The predicted molar refractivity (Wildman–Crippen MR) is 65.1 cm³/mol. The molecule has 1 aliphatic rings. The first-order valence-electron chi connectivity index (χ1n) is 5.41. The fraction of sp³-hybridized carbons (Fsp3) is 0.545. The molecule has 1 aromatic heterocycles. The molecular weight excluding hydrogens is 246 g/mol. The zero-order valence-electron chi connectivity index (χ0n) is 8.78. The van der Waals surface area contributed by atoms with Crippen LogP contribution in [0.15, 0.2) is 12.1 Å². The van der Waals surface area contributed by atoms with Crippen molar-refractivity contribution in [2.45, 2.75) is 37.8 Å². The number of halogens is 1. The average molecular weight is 260 g/mol. The molecule has 1 aliphatic carbocycles. The van der Waals surface area contributed by atoms with E-state index in [4.69, 9.17) is 11.6 Å². The van der Waals surface area contributed by atoms with Crippen LogP contribution < -0.4 is 5.32 Å². The monoisotopic (exact) mass is 259 g/mol. The van der Waals surface area contributed by atoms with Gasteiger partial charge >= 0.3 is 0 Å². The fourth-order valence-corrected chi connectivity index (χ4v) is 2.90. The van der Waals surface area contributed by atoms with Crippen molar-refractivity contribution in [3.8, 4) is 0 Å². The second-order valence-corrected chi connectivity index (χ2v) is 5.75. The summed E-state index contributed by atoms with van der Waals surface area (Å²) in [5.74, 6) is -0.136. The number of nitrogens with one attached hydrogen (secondary N) is 1. The Morgan fingerprint density at radius 1 is 1.44 bits per heavy atom. The summed E-state index contributed by atoms with van der Waals surface area (Å²) in [5.41, 5.74) is 0. The largest absolute Gasteiger partial charge is 0.391 e. The average Bonchev–Trinajstić information content (AvgIpc) is 2.68. The van der Waals surface area contributed by atoms with Crippen molar-refractivity contribution < 1.29 is 9.90 Å². The molecule has 2 unspecified atom stereocenters. The van der Waals surface area contributed by atoms with E-state index in [2.05, 4.69) is 5.32 Å². The number of hydrogen-bond donors (Lipinski definition) is 2. The van der Waals surface area contributed by atoms with Crippen LogP contribution in [0.3, 0.4) is 0 Å². The molecule has 16 heavy (non-hydrogen) atoms. The van der Waals surface area contributed by atoms with Crippen molar-refractivity contribution in [2.24, 2.45) is 0 Å². The zero-order valence-corrected chi connectivity index (χ0v) is 10.4. The molecule has 1 saturated carbocycles. The van der Waals surface area contributed by atoms with Gasteiger partial charge in [0, 0.05) is 0 Å². The molecule has 0 aliphatic heterocycles. The van der Waals surface area contributed by atoms with E-state index in [1.165, 1.54) is 11.3 Å². The fourth-order valence-electron chi connectivity index (χ4n) is 1.96. The molecule has 0 saturated heterocycles. The number of aliphatic hydroxyl groups is 1. The Labute approximate surface area is 103 Å². The molecule has 1 amide bonds. The Hall–Kier alpha value is -0.580. The molecule has 0 radical (unpaired) electrons. The van der Waals surface area contributed by atoms with E-state index in [0.717, 1.165) is 25.7 Å². The zero-order chi connectivity index (χ0) is 11.5. The first-order valence-corrected chi connectivity index (χ1v) is 6.60. The highest BCUT2D eigenvalue weighted by Gasteiger charge is 2.25. The smallest absolute Gasteiger partial charge is 0.261 e. The van der Waals surface area contributed by atoms with Crippen LogP contribution in [-0.2, 0) is 0 Å². The van der Waals surface area contributed by atoms with Gasteiger partial charge in [0.25, 0.3) is 5.91 Å². The van der Waals surface area contributed by atoms with Crippen molar-refractivity contribution in [3.63, 3.8) is 0 Å². The van der Waals surface area contributed by atoms with E-state index < -0.39 is 6.10 Å². The Balaban J connectivity index is 1.96. The standard InChI is InChI=1S/C11H14ClNO2S/c12-10-6-5-9(16-10)11(15)13-7-3-1-2-4-8(7)14/h5-8,14H,1-4H2,(H,13,15). The third-order valence-corrected chi connectivity index (χ3v) is 4.07. The Kier molecular flexibility index (Phi) is 3.84. The van der Waals surface area contributed by atoms with Gasteiger partial charge in [-0.2, -0.15) is 0 Å². The molecule has 2 rings (SSSR count). The minimum atomic E-state index is -0.409. The molecule has 0 spiro atoms. The molecule has 88 valence electrons.